The van der Waals surface area contributed by atoms with Gasteiger partial charge >= 0.3 is 11.9 Å². The Morgan fingerprint density at radius 1 is 0.296 bits per heavy atom. The number of ether oxygens (including phenoxy) is 1. The molecule has 12 heterocycles. The van der Waals surface area contributed by atoms with E-state index in [9.17, 15) is 53.4 Å². The fourth-order valence-electron chi connectivity index (χ4n) is 18.6. The van der Waals surface area contributed by atoms with Gasteiger partial charge in [-0.3, -0.25) is 33.6 Å². The topological polar surface area (TPSA) is 262 Å². The van der Waals surface area contributed by atoms with Gasteiger partial charge in [-0.25, -0.2) is 9.59 Å². The molecule has 6 aromatic carbocycles. The van der Waals surface area contributed by atoms with Gasteiger partial charge in [0.05, 0.1) is 18.9 Å². The van der Waals surface area contributed by atoms with Crippen LogP contribution in [0.5, 0.6) is 0 Å². The highest BCUT2D eigenvalue weighted by molar-refractivity contribution is 6.05. The molecule has 0 amide bonds. The number of aryl methyl sites for hydroxylation is 20. The quantitative estimate of drug-likeness (QED) is 0.0600. The third kappa shape index (κ3) is 18.5. The molecule has 2 N–H and O–H groups in total. The molecule has 0 saturated heterocycles. The van der Waals surface area contributed by atoms with E-state index in [0.29, 0.717) is 45.4 Å². The van der Waals surface area contributed by atoms with Gasteiger partial charge in [-0.1, -0.05) is 194 Å². The molecular formula is C111H120N12O12. The first-order valence-corrected chi connectivity index (χ1v) is 45.8. The molecule has 696 valence electrons. The van der Waals surface area contributed by atoms with Crippen molar-refractivity contribution in [3.8, 4) is 66.8 Å². The van der Waals surface area contributed by atoms with Crippen LogP contribution in [0.15, 0.2) is 248 Å². The molecule has 18 aromatic rings. The van der Waals surface area contributed by atoms with E-state index >= 15 is 0 Å². The summed E-state index contributed by atoms with van der Waals surface area (Å²) in [7, 11) is 21.4. The van der Waals surface area contributed by atoms with Crippen molar-refractivity contribution in [2.45, 2.75) is 114 Å². The van der Waals surface area contributed by atoms with E-state index in [2.05, 4.69) is 146 Å². The van der Waals surface area contributed by atoms with Crippen LogP contribution in [-0.4, -0.2) is 89.8 Å². The van der Waals surface area contributed by atoms with Crippen LogP contribution >= 0.6 is 0 Å². The molecule has 18 rings (SSSR count). The van der Waals surface area contributed by atoms with Crippen LogP contribution in [0.25, 0.3) is 132 Å². The molecule has 24 heteroatoms. The molecule has 24 nitrogen and oxygen atoms in total. The van der Waals surface area contributed by atoms with Crippen LogP contribution in [0.4, 0.5) is 0 Å². The van der Waals surface area contributed by atoms with Gasteiger partial charge in [0.1, 0.15) is 44.5 Å². The predicted octanol–water partition coefficient (Wildman–Crippen LogP) is 18.7. The lowest BCUT2D eigenvalue weighted by molar-refractivity contribution is 0.0515. The number of carbonyl (C=O) groups excluding carboxylic acids is 2. The molecule has 12 aromatic heterocycles. The van der Waals surface area contributed by atoms with Crippen LogP contribution in [0, 0.1) is 6.92 Å². The Bertz CT molecular complexity index is 7880. The molecule has 0 aliphatic rings. The van der Waals surface area contributed by atoms with E-state index < -0.39 is 11.9 Å². The van der Waals surface area contributed by atoms with Crippen molar-refractivity contribution in [2.75, 3.05) is 6.61 Å². The Hall–Kier alpha value is -15.2. The maximum Gasteiger partial charge on any atom is 0.354 e. The second-order valence-electron chi connectivity index (χ2n) is 34.1. The van der Waals surface area contributed by atoms with Crippen molar-refractivity contribution in [3.05, 3.63) is 349 Å². The van der Waals surface area contributed by atoms with Gasteiger partial charge < -0.3 is 69.8 Å². The molecule has 0 aliphatic carbocycles. The van der Waals surface area contributed by atoms with Crippen molar-refractivity contribution < 1.29 is 29.3 Å². The van der Waals surface area contributed by atoms with Crippen LogP contribution in [0.3, 0.4) is 0 Å². The first-order chi connectivity index (χ1) is 64.7. The van der Waals surface area contributed by atoms with Gasteiger partial charge in [-0.2, -0.15) is 0 Å². The second kappa shape index (κ2) is 41.3. The molecule has 0 unspecified atom stereocenters. The first kappa shape index (κ1) is 97.4. The number of benzene rings is 6. The molecule has 0 bridgehead atoms. The third-order valence-electron chi connectivity index (χ3n) is 26.2. The van der Waals surface area contributed by atoms with Crippen molar-refractivity contribution in [3.63, 3.8) is 0 Å². The summed E-state index contributed by atoms with van der Waals surface area (Å²) in [6, 6.07) is 60.7. The van der Waals surface area contributed by atoms with Crippen LogP contribution in [0.1, 0.15) is 137 Å². The van der Waals surface area contributed by atoms with E-state index in [0.717, 1.165) is 162 Å². The Labute approximate surface area is 783 Å². The molecule has 0 spiro atoms. The fourth-order valence-corrected chi connectivity index (χ4v) is 18.6. The average Bonchev–Trinajstić information content (AvgIpc) is 1.76. The number of fused-ring (bicyclic) bond motifs is 6. The summed E-state index contributed by atoms with van der Waals surface area (Å²) in [6.45, 7) is 18.9. The number of carboxylic acids is 1. The molecule has 135 heavy (non-hydrogen) atoms. The molecule has 0 saturated carbocycles. The number of aldehydes is 1. The highest BCUT2D eigenvalue weighted by Crippen LogP contribution is 2.39. The molecule has 0 aliphatic heterocycles. The van der Waals surface area contributed by atoms with Gasteiger partial charge in [0.15, 0.2) is 6.29 Å². The predicted molar refractivity (Wildman–Crippen MR) is 546 cm³/mol. The number of carboxylic acid groups (broad SMARTS) is 1. The van der Waals surface area contributed by atoms with E-state index in [1.807, 2.05) is 149 Å². The van der Waals surface area contributed by atoms with Gasteiger partial charge in [0.25, 0.3) is 33.4 Å². The zero-order valence-electron chi connectivity index (χ0n) is 81.1. The minimum absolute atomic E-state index is 0.0464. The number of aliphatic hydroxyl groups is 1. The van der Waals surface area contributed by atoms with E-state index in [1.54, 1.807) is 117 Å². The van der Waals surface area contributed by atoms with E-state index in [-0.39, 0.29) is 45.7 Å². The number of aromatic carboxylic acids is 1. The zero-order valence-corrected chi connectivity index (χ0v) is 81.1. The summed E-state index contributed by atoms with van der Waals surface area (Å²) in [5, 5.41) is 24.1. The summed E-state index contributed by atoms with van der Waals surface area (Å²) in [4.78, 5) is 110. The standard InChI is InChI=1S/C20H22N2O3.C19H22N2O.C18H18N2O3.C18H20N2O2.C18H18N2O2.C18H20N2O/c1-5-13-9-7-8-10-14(13)16-12-21(3)19(23)18-15(16)11-17(22(18)4)20(24)25-6-2;1-5-13-9-7-8-10-15(13)17-12-20(3)19(22)18-16(17)11-14(6-2)21(18)4;1-4-11-7-5-6-8-12(11)14-10-19(2)17(21)16-13(14)9-15(18(22)23)20(16)3;2*1-4-12-7-5-6-8-14(12)16-10-19(2)18(22)17-15(16)9-13(11-21)20(17)3;1-5-13-8-6-7-9-14(13)16-11-19(3)18(21)17-15(16)10-12(2)20(17)4/h7-12H,5-6H2,1-4H3;7-12H,5-6H2,1-4H3;5-10H,4H2,1-3H3,(H,22,23);5-10,21H,4,11H2,1-3H3;5-11H,4H2,1-3H3;6-11H,5H2,1-4H3. The number of esters is 1. The summed E-state index contributed by atoms with van der Waals surface area (Å²) in [5.41, 5.74) is 27.7. The maximum absolute atomic E-state index is 12.7. The zero-order chi connectivity index (χ0) is 97.6. The third-order valence-corrected chi connectivity index (χ3v) is 26.2. The number of hydrogen-bond donors (Lipinski definition) is 2. The Kier molecular flexibility index (Phi) is 29.8. The molecule has 0 fully saturated rings. The van der Waals surface area contributed by atoms with Gasteiger partial charge in [-0.15, -0.1) is 0 Å². The Morgan fingerprint density at radius 3 is 0.822 bits per heavy atom. The average molecular weight is 1810 g/mol. The van der Waals surface area contributed by atoms with Gasteiger partial charge in [0, 0.05) is 205 Å². The summed E-state index contributed by atoms with van der Waals surface area (Å²) >= 11 is 0. The van der Waals surface area contributed by atoms with Crippen molar-refractivity contribution in [1.29, 1.82) is 0 Å². The lowest BCUT2D eigenvalue weighted by atomic mass is 9.97. The minimum atomic E-state index is -1.04. The monoisotopic (exact) mass is 1810 g/mol. The van der Waals surface area contributed by atoms with Crippen LogP contribution in [-0.2, 0) is 141 Å². The highest BCUT2D eigenvalue weighted by Gasteiger charge is 2.26. The lowest BCUT2D eigenvalue weighted by Crippen LogP contribution is -2.19. The number of pyridine rings is 6. The number of nitrogens with zero attached hydrogens (tertiary/aromatic N) is 12. The normalized spacial score (nSPS) is 11.2. The second-order valence-corrected chi connectivity index (χ2v) is 34.1. The largest absolute Gasteiger partial charge is 0.477 e. The summed E-state index contributed by atoms with van der Waals surface area (Å²) in [6.07, 6.45) is 18.5. The number of aliphatic hydroxyl groups excluding tert-OH is 1. The van der Waals surface area contributed by atoms with E-state index in [4.69, 9.17) is 4.74 Å². The first-order valence-electron chi connectivity index (χ1n) is 45.8. The molecule has 0 atom stereocenters. The highest BCUT2D eigenvalue weighted by atomic mass is 16.5. The number of hydrogen-bond acceptors (Lipinski definition) is 11. The summed E-state index contributed by atoms with van der Waals surface area (Å²) in [5.74, 6) is -1.46. The van der Waals surface area contributed by atoms with Crippen LogP contribution < -0.4 is 33.4 Å². The van der Waals surface area contributed by atoms with Gasteiger partial charge in [-0.05, 0) is 162 Å². The SMILES string of the molecule is CCOC(=O)c1cc2c(-c3ccccc3CC)cn(C)c(=O)c2n1C.CCc1ccccc1-c1cn(C)c(=O)c2c1cc(C(=O)O)n2C.CCc1ccccc1-c1cn(C)c(=O)c2c1cc(C)n2C.CCc1ccccc1-c1cn(C)c(=O)c2c1cc(C=O)n2C.CCc1ccccc1-c1cn(C)c(=O)c2c1cc(CC)n2C.CCc1ccccc1-c1cn(C)c(=O)c2c1cc(CO)n2C. The fraction of sp³-hybridized carbons (Fsp3) is 0.270. The van der Waals surface area contributed by atoms with Gasteiger partial charge in [0.2, 0.25) is 0 Å². The number of carbonyl (C=O) groups is 3. The maximum atomic E-state index is 12.7. The number of aromatic nitrogens is 12. The van der Waals surface area contributed by atoms with E-state index in [1.165, 1.54) is 53.8 Å². The van der Waals surface area contributed by atoms with Crippen molar-refractivity contribution in [2.24, 2.45) is 84.6 Å². The minimum Gasteiger partial charge on any atom is -0.477 e. The molecule has 0 radical (unpaired) electrons. The van der Waals surface area contributed by atoms with Crippen LogP contribution in [0.2, 0.25) is 0 Å². The Balaban J connectivity index is 0.000000137. The lowest BCUT2D eigenvalue weighted by Gasteiger charge is -2.11. The number of rotatable bonds is 18. The molecular weight excluding hydrogens is 1690 g/mol. The van der Waals surface area contributed by atoms with Crippen molar-refractivity contribution >= 4 is 83.6 Å². The smallest absolute Gasteiger partial charge is 0.354 e. The van der Waals surface area contributed by atoms with Crippen molar-refractivity contribution in [1.82, 2.24) is 54.8 Å². The summed E-state index contributed by atoms with van der Waals surface area (Å²) < 4.78 is 25.4. The Morgan fingerprint density at radius 2 is 0.541 bits per heavy atom.